The third-order valence-electron chi connectivity index (χ3n) is 6.65. The number of carboxylic acids is 1. The first-order valence-corrected chi connectivity index (χ1v) is 9.50. The van der Waals surface area contributed by atoms with Crippen LogP contribution in [0.3, 0.4) is 0 Å². The lowest BCUT2D eigenvalue weighted by Gasteiger charge is -2.55. The van der Waals surface area contributed by atoms with Gasteiger partial charge in [0.05, 0.1) is 11.6 Å². The molecule has 5 heteroatoms. The Labute approximate surface area is 153 Å². The summed E-state index contributed by atoms with van der Waals surface area (Å²) in [6.45, 7) is 0. The number of benzene rings is 1. The molecule has 0 aromatic heterocycles. The van der Waals surface area contributed by atoms with Gasteiger partial charge < -0.3 is 10.4 Å². The number of aliphatic carboxylic acids is 1. The van der Waals surface area contributed by atoms with E-state index in [1.54, 1.807) is 24.3 Å². The third kappa shape index (κ3) is 3.09. The fraction of sp³-hybridized carbons (Fsp3) is 0.571. The molecule has 4 aliphatic carbocycles. The maximum atomic E-state index is 13.1. The van der Waals surface area contributed by atoms with Crippen molar-refractivity contribution in [3.63, 3.8) is 0 Å². The van der Waals surface area contributed by atoms with Crippen molar-refractivity contribution in [3.8, 4) is 6.07 Å². The van der Waals surface area contributed by atoms with Gasteiger partial charge >= 0.3 is 5.97 Å². The number of hydrogen-bond donors (Lipinski definition) is 2. The number of amides is 1. The number of hydrogen-bond acceptors (Lipinski definition) is 3. The van der Waals surface area contributed by atoms with E-state index in [-0.39, 0.29) is 17.7 Å². The molecule has 0 radical (unpaired) electrons. The molecule has 4 bridgehead atoms. The Kier molecular flexibility index (Phi) is 4.22. The molecule has 0 spiro atoms. The fourth-order valence-corrected chi connectivity index (χ4v) is 5.85. The molecule has 26 heavy (non-hydrogen) atoms. The van der Waals surface area contributed by atoms with E-state index in [1.165, 1.54) is 19.3 Å². The summed E-state index contributed by atoms with van der Waals surface area (Å²) in [4.78, 5) is 24.8. The molecule has 4 fully saturated rings. The highest BCUT2D eigenvalue weighted by Crippen LogP contribution is 2.60. The van der Waals surface area contributed by atoms with Crippen LogP contribution in [-0.2, 0) is 16.0 Å². The number of nitrogens with zero attached hydrogens (tertiary/aromatic N) is 1. The van der Waals surface area contributed by atoms with Gasteiger partial charge in [0.25, 0.3) is 0 Å². The zero-order valence-corrected chi connectivity index (χ0v) is 14.8. The molecule has 5 rings (SSSR count). The summed E-state index contributed by atoms with van der Waals surface area (Å²) in [5.74, 6) is 0.876. The lowest BCUT2D eigenvalue weighted by atomic mass is 9.49. The second-order valence-corrected chi connectivity index (χ2v) is 8.58. The molecule has 0 aliphatic heterocycles. The van der Waals surface area contributed by atoms with Crippen molar-refractivity contribution in [1.82, 2.24) is 5.32 Å². The van der Waals surface area contributed by atoms with Crippen molar-refractivity contribution in [2.45, 2.75) is 51.0 Å². The zero-order valence-electron chi connectivity index (χ0n) is 14.8. The monoisotopic (exact) mass is 352 g/mol. The molecule has 1 aromatic rings. The quantitative estimate of drug-likeness (QED) is 0.852. The second kappa shape index (κ2) is 6.42. The number of carbonyl (C=O) groups is 2. The second-order valence-electron chi connectivity index (χ2n) is 8.58. The predicted molar refractivity (Wildman–Crippen MR) is 95.0 cm³/mol. The molecule has 4 saturated carbocycles. The molecular formula is C21H24N2O3. The van der Waals surface area contributed by atoms with Gasteiger partial charge in [0.15, 0.2) is 0 Å². The van der Waals surface area contributed by atoms with Crippen molar-refractivity contribution in [2.75, 3.05) is 0 Å². The van der Waals surface area contributed by atoms with E-state index in [2.05, 4.69) is 11.4 Å². The summed E-state index contributed by atoms with van der Waals surface area (Å²) < 4.78 is 0. The molecule has 4 aliphatic rings. The largest absolute Gasteiger partial charge is 0.480 e. The van der Waals surface area contributed by atoms with Crippen molar-refractivity contribution in [2.24, 2.45) is 23.2 Å². The third-order valence-corrected chi connectivity index (χ3v) is 6.65. The smallest absolute Gasteiger partial charge is 0.326 e. The van der Waals surface area contributed by atoms with Gasteiger partial charge in [-0.3, -0.25) is 4.79 Å². The van der Waals surface area contributed by atoms with Crippen LogP contribution in [0.15, 0.2) is 24.3 Å². The first-order chi connectivity index (χ1) is 12.5. The number of nitrogens with one attached hydrogen (secondary N) is 1. The van der Waals surface area contributed by atoms with Crippen LogP contribution in [0.4, 0.5) is 0 Å². The predicted octanol–water partition coefficient (Wildman–Crippen LogP) is 2.89. The molecule has 0 heterocycles. The summed E-state index contributed by atoms with van der Waals surface area (Å²) >= 11 is 0. The van der Waals surface area contributed by atoms with Crippen LogP contribution in [0, 0.1) is 34.5 Å². The molecule has 1 aromatic carbocycles. The first kappa shape index (κ1) is 17.1. The lowest BCUT2D eigenvalue weighted by Crippen LogP contribution is -2.56. The number of nitriles is 1. The van der Waals surface area contributed by atoms with Crippen LogP contribution in [0.5, 0.6) is 0 Å². The van der Waals surface area contributed by atoms with E-state index in [9.17, 15) is 14.7 Å². The average molecular weight is 352 g/mol. The Morgan fingerprint density at radius 2 is 1.65 bits per heavy atom. The Morgan fingerprint density at radius 3 is 2.12 bits per heavy atom. The van der Waals surface area contributed by atoms with Crippen LogP contribution < -0.4 is 5.32 Å². The Bertz CT molecular complexity index is 727. The minimum atomic E-state index is -1.01. The summed E-state index contributed by atoms with van der Waals surface area (Å²) in [6.07, 6.45) is 6.76. The Balaban J connectivity index is 1.47. The van der Waals surface area contributed by atoms with Crippen LogP contribution in [0.2, 0.25) is 0 Å². The summed E-state index contributed by atoms with van der Waals surface area (Å²) in [6, 6.07) is 7.99. The summed E-state index contributed by atoms with van der Waals surface area (Å²) in [5, 5.41) is 21.3. The van der Waals surface area contributed by atoms with E-state index >= 15 is 0 Å². The molecule has 2 N–H and O–H groups in total. The zero-order chi connectivity index (χ0) is 18.3. The SMILES string of the molecule is N#Cc1ccc(C[C@H](NC(=O)C23CC4CC(CC(C4)C2)C3)C(=O)O)cc1. The van der Waals surface area contributed by atoms with Gasteiger partial charge in [-0.1, -0.05) is 12.1 Å². The molecular weight excluding hydrogens is 328 g/mol. The molecule has 1 amide bonds. The molecule has 5 nitrogen and oxygen atoms in total. The van der Waals surface area contributed by atoms with Gasteiger partial charge in [0.1, 0.15) is 6.04 Å². The van der Waals surface area contributed by atoms with E-state index < -0.39 is 12.0 Å². The van der Waals surface area contributed by atoms with Crippen LogP contribution in [-0.4, -0.2) is 23.0 Å². The normalized spacial score (nSPS) is 32.7. The highest BCUT2D eigenvalue weighted by molar-refractivity contribution is 5.88. The average Bonchev–Trinajstić information content (AvgIpc) is 2.60. The minimum absolute atomic E-state index is 0.0577. The fourth-order valence-electron chi connectivity index (χ4n) is 5.85. The number of carboxylic acid groups (broad SMARTS) is 1. The van der Waals surface area contributed by atoms with Crippen LogP contribution in [0.25, 0.3) is 0 Å². The van der Waals surface area contributed by atoms with Crippen molar-refractivity contribution >= 4 is 11.9 Å². The van der Waals surface area contributed by atoms with Crippen molar-refractivity contribution in [1.29, 1.82) is 5.26 Å². The Hall–Kier alpha value is -2.35. The summed E-state index contributed by atoms with van der Waals surface area (Å²) in [7, 11) is 0. The van der Waals surface area contributed by atoms with E-state index in [1.807, 2.05) is 0 Å². The van der Waals surface area contributed by atoms with Crippen LogP contribution >= 0.6 is 0 Å². The standard InChI is InChI=1S/C21H24N2O3/c22-12-14-3-1-13(2-4-14)8-18(19(24)25)23-20(26)21-9-15-5-16(10-21)7-17(6-15)11-21/h1-4,15-18H,5-11H2,(H,23,26)(H,24,25)/t15?,16?,17?,18-,21?/m0/s1. The Morgan fingerprint density at radius 1 is 1.12 bits per heavy atom. The highest BCUT2D eigenvalue weighted by atomic mass is 16.4. The highest BCUT2D eigenvalue weighted by Gasteiger charge is 2.54. The van der Waals surface area contributed by atoms with Gasteiger partial charge in [-0.15, -0.1) is 0 Å². The van der Waals surface area contributed by atoms with Crippen molar-refractivity contribution in [3.05, 3.63) is 35.4 Å². The molecule has 136 valence electrons. The first-order valence-electron chi connectivity index (χ1n) is 9.50. The maximum absolute atomic E-state index is 13.1. The summed E-state index contributed by atoms with van der Waals surface area (Å²) in [5.41, 5.74) is 1.01. The number of rotatable bonds is 5. The minimum Gasteiger partial charge on any atom is -0.480 e. The van der Waals surface area contributed by atoms with E-state index in [0.29, 0.717) is 23.3 Å². The molecule has 0 saturated heterocycles. The maximum Gasteiger partial charge on any atom is 0.326 e. The van der Waals surface area contributed by atoms with Gasteiger partial charge in [0.2, 0.25) is 5.91 Å². The molecule has 0 unspecified atom stereocenters. The van der Waals surface area contributed by atoms with Gasteiger partial charge in [-0.25, -0.2) is 4.79 Å². The molecule has 1 atom stereocenters. The van der Waals surface area contributed by atoms with Gasteiger partial charge in [0, 0.05) is 11.8 Å². The topological polar surface area (TPSA) is 90.2 Å². The van der Waals surface area contributed by atoms with Crippen LogP contribution in [0.1, 0.15) is 49.7 Å². The van der Waals surface area contributed by atoms with E-state index in [4.69, 9.17) is 5.26 Å². The lowest BCUT2D eigenvalue weighted by molar-refractivity contribution is -0.151. The van der Waals surface area contributed by atoms with Gasteiger partial charge in [-0.05, 0) is 74.0 Å². The van der Waals surface area contributed by atoms with Crippen molar-refractivity contribution < 1.29 is 14.7 Å². The number of carbonyl (C=O) groups excluding carboxylic acids is 1. The van der Waals surface area contributed by atoms with E-state index in [0.717, 1.165) is 24.8 Å². The van der Waals surface area contributed by atoms with Gasteiger partial charge in [-0.2, -0.15) is 5.26 Å².